The number of hydrogen-bond acceptors (Lipinski definition) is 2. The van der Waals surface area contributed by atoms with Gasteiger partial charge in [-0.1, -0.05) is 31.8 Å². The molecule has 0 bridgehead atoms. The molecule has 0 aromatic heterocycles. The molecule has 0 saturated heterocycles. The Morgan fingerprint density at radius 3 is 2.50 bits per heavy atom. The van der Waals surface area contributed by atoms with Gasteiger partial charge in [-0.2, -0.15) is 13.2 Å². The minimum Gasteiger partial charge on any atom is -0.271 e. The molecule has 1 fully saturated rings. The van der Waals surface area contributed by atoms with Gasteiger partial charge in [0, 0.05) is 6.04 Å². The van der Waals surface area contributed by atoms with Crippen molar-refractivity contribution in [3.8, 4) is 0 Å². The summed E-state index contributed by atoms with van der Waals surface area (Å²) < 4.78 is 39.3. The second-order valence-electron chi connectivity index (χ2n) is 5.80. The Kier molecular flexibility index (Phi) is 7.59. The van der Waals surface area contributed by atoms with Crippen molar-refractivity contribution in [3.63, 3.8) is 0 Å². The van der Waals surface area contributed by atoms with Crippen molar-refractivity contribution >= 4 is 0 Å². The fourth-order valence-corrected chi connectivity index (χ4v) is 3.30. The van der Waals surface area contributed by atoms with E-state index >= 15 is 0 Å². The van der Waals surface area contributed by atoms with Crippen LogP contribution >= 0.6 is 0 Å². The average Bonchev–Trinajstić information content (AvgIpc) is 2.42. The van der Waals surface area contributed by atoms with Gasteiger partial charge in [0.2, 0.25) is 0 Å². The maximum absolute atomic E-state index is 13.1. The minimum atomic E-state index is -4.09. The molecule has 0 spiro atoms. The second-order valence-corrected chi connectivity index (χ2v) is 5.80. The van der Waals surface area contributed by atoms with Gasteiger partial charge >= 0.3 is 6.18 Å². The molecule has 5 heteroatoms. The van der Waals surface area contributed by atoms with Crippen molar-refractivity contribution in [1.82, 2.24) is 5.43 Å². The molecular weight excluding hydrogens is 265 g/mol. The van der Waals surface area contributed by atoms with Crippen molar-refractivity contribution in [1.29, 1.82) is 0 Å². The van der Waals surface area contributed by atoms with E-state index in [1.54, 1.807) is 0 Å². The highest BCUT2D eigenvalue weighted by molar-refractivity contribution is 4.87. The summed E-state index contributed by atoms with van der Waals surface area (Å²) in [5.41, 5.74) is 2.64. The topological polar surface area (TPSA) is 38.0 Å². The predicted molar refractivity (Wildman–Crippen MR) is 75.9 cm³/mol. The molecule has 0 amide bonds. The lowest BCUT2D eigenvalue weighted by Crippen LogP contribution is -2.48. The molecule has 20 heavy (non-hydrogen) atoms. The Morgan fingerprint density at radius 1 is 1.20 bits per heavy atom. The summed E-state index contributed by atoms with van der Waals surface area (Å²) in [4.78, 5) is 0. The summed E-state index contributed by atoms with van der Waals surface area (Å²) in [5, 5.41) is 0. The number of rotatable bonds is 8. The van der Waals surface area contributed by atoms with E-state index in [-0.39, 0.29) is 18.4 Å². The highest BCUT2D eigenvalue weighted by Gasteiger charge is 2.47. The summed E-state index contributed by atoms with van der Waals surface area (Å²) in [5.74, 6) is 3.96. The lowest BCUT2D eigenvalue weighted by atomic mass is 9.74. The molecule has 1 aliphatic carbocycles. The molecule has 0 radical (unpaired) electrons. The van der Waals surface area contributed by atoms with Crippen LogP contribution in [0.25, 0.3) is 0 Å². The number of alkyl halides is 3. The Morgan fingerprint density at radius 2 is 1.90 bits per heavy atom. The Labute approximate surface area is 120 Å². The summed E-state index contributed by atoms with van der Waals surface area (Å²) in [6.45, 7) is 3.66. The highest BCUT2D eigenvalue weighted by Crippen LogP contribution is 2.43. The number of nitrogens with two attached hydrogens (primary N) is 1. The Bertz CT molecular complexity index is 279. The van der Waals surface area contributed by atoms with Crippen LogP contribution in [-0.4, -0.2) is 12.2 Å². The molecule has 3 unspecified atom stereocenters. The monoisotopic (exact) mass is 292 g/mol. The fourth-order valence-electron chi connectivity index (χ4n) is 3.30. The average molecular weight is 292 g/mol. The van der Waals surface area contributed by atoms with E-state index in [2.05, 4.69) is 12.0 Å². The lowest BCUT2D eigenvalue weighted by molar-refractivity contribution is -0.199. The van der Waals surface area contributed by atoms with Crippen molar-refractivity contribution in [2.45, 2.75) is 70.0 Å². The van der Waals surface area contributed by atoms with Gasteiger partial charge in [-0.15, -0.1) is 6.58 Å². The minimum absolute atomic E-state index is 0.217. The number of hydrogen-bond donors (Lipinski definition) is 2. The van der Waals surface area contributed by atoms with Crippen molar-refractivity contribution in [2.75, 3.05) is 0 Å². The fraction of sp³-hybridized carbons (Fsp3) is 0.867. The van der Waals surface area contributed by atoms with Crippen LogP contribution in [-0.2, 0) is 0 Å². The quantitative estimate of drug-likeness (QED) is 0.302. The lowest BCUT2D eigenvalue weighted by Gasteiger charge is -2.38. The zero-order valence-electron chi connectivity index (χ0n) is 12.1. The van der Waals surface area contributed by atoms with Crippen LogP contribution in [0, 0.1) is 11.8 Å². The van der Waals surface area contributed by atoms with Gasteiger partial charge in [0.1, 0.15) is 0 Å². The maximum atomic E-state index is 13.1. The third-order valence-electron chi connectivity index (χ3n) is 4.39. The van der Waals surface area contributed by atoms with Gasteiger partial charge in [0.05, 0.1) is 5.92 Å². The standard InChI is InChI=1S/C15H27F3N2/c1-2-3-4-5-6-11-14(20-19)12-9-7-8-10-13(12)15(16,17)18/h2,12-14,20H,1,3-11,19H2. The molecule has 1 saturated carbocycles. The van der Waals surface area contributed by atoms with Crippen LogP contribution in [0.15, 0.2) is 12.7 Å². The summed E-state index contributed by atoms with van der Waals surface area (Å²) in [6.07, 6.45) is 4.91. The summed E-state index contributed by atoms with van der Waals surface area (Å²) in [6, 6.07) is -0.217. The molecule has 2 nitrogen and oxygen atoms in total. The normalized spacial score (nSPS) is 25.4. The van der Waals surface area contributed by atoms with E-state index < -0.39 is 12.1 Å². The van der Waals surface area contributed by atoms with E-state index in [0.717, 1.165) is 38.5 Å². The van der Waals surface area contributed by atoms with Crippen LogP contribution in [0.4, 0.5) is 13.2 Å². The van der Waals surface area contributed by atoms with E-state index in [1.807, 2.05) is 6.08 Å². The number of nitrogens with one attached hydrogen (secondary N) is 1. The van der Waals surface area contributed by atoms with Gasteiger partial charge in [0.15, 0.2) is 0 Å². The highest BCUT2D eigenvalue weighted by atomic mass is 19.4. The second kappa shape index (κ2) is 8.67. The zero-order chi connectivity index (χ0) is 15.0. The predicted octanol–water partition coefficient (Wildman–Crippen LogP) is 4.32. The van der Waals surface area contributed by atoms with Crippen LogP contribution in [0.2, 0.25) is 0 Å². The van der Waals surface area contributed by atoms with Crippen LogP contribution < -0.4 is 11.3 Å². The number of unbranched alkanes of at least 4 members (excludes halogenated alkanes) is 3. The van der Waals surface area contributed by atoms with Gasteiger partial charge in [-0.25, -0.2) is 0 Å². The first-order valence-electron chi connectivity index (χ1n) is 7.64. The molecular formula is C15H27F3N2. The van der Waals surface area contributed by atoms with Gasteiger partial charge < -0.3 is 0 Å². The van der Waals surface area contributed by atoms with Crippen molar-refractivity contribution < 1.29 is 13.2 Å². The number of hydrazine groups is 1. The third kappa shape index (κ3) is 5.44. The molecule has 0 aromatic rings. The molecule has 0 aromatic carbocycles. The molecule has 0 aliphatic heterocycles. The Balaban J connectivity index is 2.50. The van der Waals surface area contributed by atoms with Gasteiger partial charge in [-0.05, 0) is 38.0 Å². The van der Waals surface area contributed by atoms with Crippen molar-refractivity contribution in [2.24, 2.45) is 17.7 Å². The third-order valence-corrected chi connectivity index (χ3v) is 4.39. The first-order chi connectivity index (χ1) is 9.50. The summed E-state index contributed by atoms with van der Waals surface area (Å²) >= 11 is 0. The summed E-state index contributed by atoms with van der Waals surface area (Å²) in [7, 11) is 0. The molecule has 1 rings (SSSR count). The number of allylic oxidation sites excluding steroid dienone is 1. The van der Waals surface area contributed by atoms with Crippen LogP contribution in [0.5, 0.6) is 0 Å². The SMILES string of the molecule is C=CCCCCCC(NN)C1CCCCC1C(F)(F)F. The maximum Gasteiger partial charge on any atom is 0.392 e. The van der Waals surface area contributed by atoms with E-state index in [1.165, 1.54) is 0 Å². The van der Waals surface area contributed by atoms with Gasteiger partial charge in [0.25, 0.3) is 0 Å². The van der Waals surface area contributed by atoms with E-state index in [9.17, 15) is 13.2 Å². The molecule has 118 valence electrons. The van der Waals surface area contributed by atoms with E-state index in [4.69, 9.17) is 5.84 Å². The Hall–Kier alpha value is -0.550. The molecule has 1 aliphatic rings. The van der Waals surface area contributed by atoms with Crippen LogP contribution in [0.1, 0.15) is 57.8 Å². The smallest absolute Gasteiger partial charge is 0.271 e. The molecule has 3 atom stereocenters. The zero-order valence-corrected chi connectivity index (χ0v) is 12.1. The largest absolute Gasteiger partial charge is 0.392 e. The first kappa shape index (κ1) is 17.5. The molecule has 0 heterocycles. The molecule has 3 N–H and O–H groups in total. The van der Waals surface area contributed by atoms with Crippen molar-refractivity contribution in [3.05, 3.63) is 12.7 Å². The number of halogens is 3. The van der Waals surface area contributed by atoms with Crippen LogP contribution in [0.3, 0.4) is 0 Å². The van der Waals surface area contributed by atoms with Gasteiger partial charge in [-0.3, -0.25) is 11.3 Å². The first-order valence-corrected chi connectivity index (χ1v) is 7.64. The van der Waals surface area contributed by atoms with E-state index in [0.29, 0.717) is 12.8 Å².